The summed E-state index contributed by atoms with van der Waals surface area (Å²) >= 11 is 0. The third-order valence-corrected chi connectivity index (χ3v) is 8.14. The number of nitrogens with zero attached hydrogens (tertiary/aromatic N) is 2. The van der Waals surface area contributed by atoms with Crippen LogP contribution in [0.3, 0.4) is 0 Å². The lowest BCUT2D eigenvalue weighted by Gasteiger charge is -2.34. The number of benzene rings is 3. The van der Waals surface area contributed by atoms with Crippen LogP contribution in [0.15, 0.2) is 71.6 Å². The summed E-state index contributed by atoms with van der Waals surface area (Å²) in [5.41, 5.74) is 0.942. The van der Waals surface area contributed by atoms with Crippen LogP contribution in [0.2, 0.25) is 0 Å². The molecule has 1 N–H and O–H groups in total. The number of hydrogen-bond donors (Lipinski definition) is 1. The first-order chi connectivity index (χ1) is 15.9. The lowest BCUT2D eigenvalue weighted by molar-refractivity contribution is -0.117. The van der Waals surface area contributed by atoms with Gasteiger partial charge in [0, 0.05) is 32.1 Å². The minimum Gasteiger partial charge on any atom is -0.336 e. The fraction of sp³-hybridized carbons (Fsp3) is 0.280. The molecule has 1 aliphatic carbocycles. The number of hydrogen-bond acceptors (Lipinski definition) is 4. The van der Waals surface area contributed by atoms with Crippen LogP contribution >= 0.6 is 0 Å². The Labute approximate surface area is 193 Å². The highest BCUT2D eigenvalue weighted by Crippen LogP contribution is 2.32. The van der Waals surface area contributed by atoms with Crippen molar-refractivity contribution in [3.63, 3.8) is 0 Å². The highest BCUT2D eigenvalue weighted by atomic mass is 32.2. The fourth-order valence-corrected chi connectivity index (χ4v) is 5.59. The number of carbonyl (C=O) groups excluding carboxylic acids is 2. The van der Waals surface area contributed by atoms with Gasteiger partial charge < -0.3 is 10.2 Å². The maximum Gasteiger partial charge on any atom is 0.256 e. The lowest BCUT2D eigenvalue weighted by atomic mass is 10.0. The van der Waals surface area contributed by atoms with Crippen LogP contribution in [-0.2, 0) is 14.8 Å². The normalized spacial score (nSPS) is 17.2. The highest BCUT2D eigenvalue weighted by molar-refractivity contribution is 7.89. The molecule has 2 fully saturated rings. The Morgan fingerprint density at radius 3 is 2.06 bits per heavy atom. The number of carbonyl (C=O) groups is 2. The number of nitrogens with one attached hydrogen (secondary N) is 1. The van der Waals surface area contributed by atoms with Crippen LogP contribution in [0, 0.1) is 5.92 Å². The first kappa shape index (κ1) is 21.6. The SMILES string of the molecule is O=C(Nc1cc2ccccc2cc1C(=O)N1CCN(S(=O)(=O)c2ccccc2)CC1)C1CC1. The van der Waals surface area contributed by atoms with Crippen molar-refractivity contribution >= 4 is 38.3 Å². The van der Waals surface area contributed by atoms with Gasteiger partial charge in [0.1, 0.15) is 0 Å². The van der Waals surface area contributed by atoms with Gasteiger partial charge in [0.25, 0.3) is 5.91 Å². The molecule has 0 spiro atoms. The van der Waals surface area contributed by atoms with E-state index in [4.69, 9.17) is 0 Å². The van der Waals surface area contributed by atoms with Gasteiger partial charge in [0.15, 0.2) is 0 Å². The molecule has 0 aromatic heterocycles. The first-order valence-corrected chi connectivity index (χ1v) is 12.6. The molecule has 3 aromatic carbocycles. The molecule has 2 amide bonds. The molecule has 2 aliphatic rings. The third kappa shape index (κ3) is 4.36. The number of fused-ring (bicyclic) bond motifs is 1. The van der Waals surface area contributed by atoms with E-state index in [1.165, 1.54) is 4.31 Å². The molecule has 0 bridgehead atoms. The zero-order valence-electron chi connectivity index (χ0n) is 18.1. The zero-order chi connectivity index (χ0) is 23.0. The molecule has 3 aromatic rings. The van der Waals surface area contributed by atoms with Crippen molar-refractivity contribution in [3.05, 3.63) is 72.3 Å². The van der Waals surface area contributed by atoms with E-state index in [1.54, 1.807) is 35.2 Å². The summed E-state index contributed by atoms with van der Waals surface area (Å²) in [6, 6.07) is 19.7. The molecule has 33 heavy (non-hydrogen) atoms. The van der Waals surface area contributed by atoms with Crippen LogP contribution in [0.25, 0.3) is 10.8 Å². The molecule has 7 nitrogen and oxygen atoms in total. The number of amides is 2. The van der Waals surface area contributed by atoms with E-state index in [-0.39, 0.29) is 48.8 Å². The van der Waals surface area contributed by atoms with E-state index in [9.17, 15) is 18.0 Å². The smallest absolute Gasteiger partial charge is 0.256 e. The van der Waals surface area contributed by atoms with Crippen molar-refractivity contribution in [2.75, 3.05) is 31.5 Å². The second-order valence-electron chi connectivity index (χ2n) is 8.52. The molecule has 170 valence electrons. The molecule has 1 aliphatic heterocycles. The van der Waals surface area contributed by atoms with Gasteiger partial charge in [0.05, 0.1) is 16.1 Å². The third-order valence-electron chi connectivity index (χ3n) is 6.23. The average Bonchev–Trinajstić information content (AvgIpc) is 3.70. The molecule has 8 heteroatoms. The Kier molecular flexibility index (Phi) is 5.64. The summed E-state index contributed by atoms with van der Waals surface area (Å²) in [6.07, 6.45) is 1.75. The summed E-state index contributed by atoms with van der Waals surface area (Å²) in [4.78, 5) is 27.8. The Hall–Kier alpha value is -3.23. The van der Waals surface area contributed by atoms with Gasteiger partial charge in [-0.15, -0.1) is 0 Å². The second-order valence-corrected chi connectivity index (χ2v) is 10.5. The Bertz CT molecular complexity index is 1310. The quantitative estimate of drug-likeness (QED) is 0.629. The fourth-order valence-electron chi connectivity index (χ4n) is 4.14. The van der Waals surface area contributed by atoms with E-state index < -0.39 is 10.0 Å². The van der Waals surface area contributed by atoms with Gasteiger partial charge in [0.2, 0.25) is 15.9 Å². The van der Waals surface area contributed by atoms with Crippen molar-refractivity contribution in [2.45, 2.75) is 17.7 Å². The van der Waals surface area contributed by atoms with Gasteiger partial charge in [-0.1, -0.05) is 42.5 Å². The lowest BCUT2D eigenvalue weighted by Crippen LogP contribution is -2.50. The minimum absolute atomic E-state index is 0.0196. The molecular weight excluding hydrogens is 438 g/mol. The summed E-state index contributed by atoms with van der Waals surface area (Å²) in [5, 5.41) is 4.80. The Balaban J connectivity index is 1.37. The standard InChI is InChI=1S/C25H25N3O4S/c29-24(18-10-11-18)26-23-17-20-7-5-4-6-19(20)16-22(23)25(30)27-12-14-28(15-13-27)33(31,32)21-8-2-1-3-9-21/h1-9,16-18H,10-15H2,(H,26,29). The molecule has 0 unspecified atom stereocenters. The number of piperazine rings is 1. The summed E-state index contributed by atoms with van der Waals surface area (Å²) in [6.45, 7) is 1.02. The summed E-state index contributed by atoms with van der Waals surface area (Å²) < 4.78 is 27.2. The van der Waals surface area contributed by atoms with Crippen molar-refractivity contribution in [1.82, 2.24) is 9.21 Å². The predicted octanol–water partition coefficient (Wildman–Crippen LogP) is 3.34. The van der Waals surface area contributed by atoms with E-state index in [0.29, 0.717) is 11.3 Å². The average molecular weight is 464 g/mol. The van der Waals surface area contributed by atoms with Crippen molar-refractivity contribution in [3.8, 4) is 0 Å². The van der Waals surface area contributed by atoms with Gasteiger partial charge in [-0.3, -0.25) is 9.59 Å². The van der Waals surface area contributed by atoms with Crippen LogP contribution in [0.5, 0.6) is 0 Å². The van der Waals surface area contributed by atoms with Crippen molar-refractivity contribution in [2.24, 2.45) is 5.92 Å². The topological polar surface area (TPSA) is 86.8 Å². The maximum absolute atomic E-state index is 13.5. The van der Waals surface area contributed by atoms with E-state index >= 15 is 0 Å². The van der Waals surface area contributed by atoms with E-state index in [0.717, 1.165) is 23.6 Å². The number of sulfonamides is 1. The van der Waals surface area contributed by atoms with Gasteiger partial charge in [-0.05, 0) is 47.9 Å². The largest absolute Gasteiger partial charge is 0.336 e. The highest BCUT2D eigenvalue weighted by Gasteiger charge is 2.33. The molecule has 0 atom stereocenters. The molecular formula is C25H25N3O4S. The predicted molar refractivity (Wildman–Crippen MR) is 126 cm³/mol. The monoisotopic (exact) mass is 463 g/mol. The first-order valence-electron chi connectivity index (χ1n) is 11.1. The number of anilines is 1. The molecule has 1 heterocycles. The van der Waals surface area contributed by atoms with Crippen molar-refractivity contribution in [1.29, 1.82) is 0 Å². The molecule has 1 saturated heterocycles. The number of rotatable bonds is 5. The molecule has 0 radical (unpaired) electrons. The maximum atomic E-state index is 13.5. The Morgan fingerprint density at radius 2 is 1.42 bits per heavy atom. The van der Waals surface area contributed by atoms with E-state index in [2.05, 4.69) is 5.32 Å². The van der Waals surface area contributed by atoms with Crippen LogP contribution < -0.4 is 5.32 Å². The van der Waals surface area contributed by atoms with Gasteiger partial charge in [-0.2, -0.15) is 4.31 Å². The van der Waals surface area contributed by atoms with Gasteiger partial charge in [-0.25, -0.2) is 8.42 Å². The van der Waals surface area contributed by atoms with Crippen LogP contribution in [0.1, 0.15) is 23.2 Å². The summed E-state index contributed by atoms with van der Waals surface area (Å²) in [7, 11) is -3.59. The second kappa shape index (κ2) is 8.61. The van der Waals surface area contributed by atoms with E-state index in [1.807, 2.05) is 36.4 Å². The van der Waals surface area contributed by atoms with Crippen LogP contribution in [-0.4, -0.2) is 55.6 Å². The van der Waals surface area contributed by atoms with Crippen LogP contribution in [0.4, 0.5) is 5.69 Å². The zero-order valence-corrected chi connectivity index (χ0v) is 18.9. The van der Waals surface area contributed by atoms with Crippen molar-refractivity contribution < 1.29 is 18.0 Å². The molecule has 1 saturated carbocycles. The minimum atomic E-state index is -3.59. The van der Waals surface area contributed by atoms with Gasteiger partial charge >= 0.3 is 0 Å². The summed E-state index contributed by atoms with van der Waals surface area (Å²) in [5.74, 6) is -0.243. The Morgan fingerprint density at radius 1 is 0.818 bits per heavy atom. The molecule has 5 rings (SSSR count).